The van der Waals surface area contributed by atoms with Crippen LogP contribution >= 0.6 is 47.8 Å². The standard InChI is InChI=1S/C13H11Br3N2/c1-8-12(4-5-13(16)18-8)17-7-9-2-3-10(14)11(15)6-9/h2-6,17H,7H2,1H3. The highest BCUT2D eigenvalue weighted by atomic mass is 79.9. The van der Waals surface area contributed by atoms with E-state index >= 15 is 0 Å². The van der Waals surface area contributed by atoms with Crippen LogP contribution in [0, 0.1) is 6.92 Å². The quantitative estimate of drug-likeness (QED) is 0.664. The molecule has 0 radical (unpaired) electrons. The predicted octanol–water partition coefficient (Wildman–Crippen LogP) is 5.29. The molecule has 0 atom stereocenters. The summed E-state index contributed by atoms with van der Waals surface area (Å²) in [4.78, 5) is 4.35. The summed E-state index contributed by atoms with van der Waals surface area (Å²) in [5, 5.41) is 3.38. The molecule has 1 aromatic carbocycles. The first kappa shape index (κ1) is 14.0. The first-order chi connectivity index (χ1) is 8.56. The van der Waals surface area contributed by atoms with Gasteiger partial charge in [0.25, 0.3) is 0 Å². The van der Waals surface area contributed by atoms with E-state index in [1.165, 1.54) is 5.56 Å². The van der Waals surface area contributed by atoms with Crippen LogP contribution in [-0.4, -0.2) is 4.98 Å². The third kappa shape index (κ3) is 3.56. The Labute approximate surface area is 132 Å². The van der Waals surface area contributed by atoms with Crippen molar-refractivity contribution in [3.63, 3.8) is 0 Å². The van der Waals surface area contributed by atoms with Gasteiger partial charge in [0.05, 0.1) is 11.4 Å². The van der Waals surface area contributed by atoms with Crippen LogP contribution in [0.2, 0.25) is 0 Å². The van der Waals surface area contributed by atoms with Crippen molar-refractivity contribution in [1.29, 1.82) is 0 Å². The van der Waals surface area contributed by atoms with E-state index in [9.17, 15) is 0 Å². The summed E-state index contributed by atoms with van der Waals surface area (Å²) in [5.74, 6) is 0. The van der Waals surface area contributed by atoms with Crippen molar-refractivity contribution < 1.29 is 0 Å². The lowest BCUT2D eigenvalue weighted by molar-refractivity contribution is 1.09. The highest BCUT2D eigenvalue weighted by Gasteiger charge is 2.02. The fourth-order valence-electron chi connectivity index (χ4n) is 1.56. The van der Waals surface area contributed by atoms with Crippen LogP contribution in [0.4, 0.5) is 5.69 Å². The fourth-order valence-corrected chi connectivity index (χ4v) is 2.64. The summed E-state index contributed by atoms with van der Waals surface area (Å²) in [6.45, 7) is 2.76. The summed E-state index contributed by atoms with van der Waals surface area (Å²) in [6, 6.07) is 10.2. The van der Waals surface area contributed by atoms with E-state index < -0.39 is 0 Å². The number of hydrogen-bond donors (Lipinski definition) is 1. The number of aromatic nitrogens is 1. The number of benzene rings is 1. The molecule has 0 aliphatic rings. The smallest absolute Gasteiger partial charge is 0.106 e. The molecule has 18 heavy (non-hydrogen) atoms. The molecule has 0 fully saturated rings. The molecular formula is C13H11Br3N2. The molecule has 0 aliphatic carbocycles. The molecule has 2 nitrogen and oxygen atoms in total. The van der Waals surface area contributed by atoms with E-state index in [4.69, 9.17) is 0 Å². The number of rotatable bonds is 3. The van der Waals surface area contributed by atoms with Crippen molar-refractivity contribution in [2.45, 2.75) is 13.5 Å². The highest BCUT2D eigenvalue weighted by Crippen LogP contribution is 2.24. The van der Waals surface area contributed by atoms with Crippen molar-refractivity contribution in [3.05, 3.63) is 55.1 Å². The van der Waals surface area contributed by atoms with Gasteiger partial charge in [-0.1, -0.05) is 6.07 Å². The monoisotopic (exact) mass is 432 g/mol. The van der Waals surface area contributed by atoms with Gasteiger partial charge in [-0.3, -0.25) is 0 Å². The van der Waals surface area contributed by atoms with E-state index in [-0.39, 0.29) is 0 Å². The summed E-state index contributed by atoms with van der Waals surface area (Å²) in [7, 11) is 0. The minimum atomic E-state index is 0.774. The molecule has 1 heterocycles. The summed E-state index contributed by atoms with van der Waals surface area (Å²) in [5.41, 5.74) is 3.25. The molecule has 0 bridgehead atoms. The second-order valence-corrected chi connectivity index (χ2v) is 6.39. The first-order valence-corrected chi connectivity index (χ1v) is 7.75. The molecule has 2 rings (SSSR count). The second-order valence-electron chi connectivity index (χ2n) is 3.87. The van der Waals surface area contributed by atoms with Gasteiger partial charge in [-0.05, 0) is 84.5 Å². The van der Waals surface area contributed by atoms with E-state index in [0.717, 1.165) is 31.5 Å². The molecule has 1 aromatic heterocycles. The molecular weight excluding hydrogens is 424 g/mol. The van der Waals surface area contributed by atoms with Gasteiger partial charge in [-0.25, -0.2) is 4.98 Å². The topological polar surface area (TPSA) is 24.9 Å². The van der Waals surface area contributed by atoms with E-state index in [0.29, 0.717) is 0 Å². The summed E-state index contributed by atoms with van der Waals surface area (Å²) in [6.07, 6.45) is 0. The van der Waals surface area contributed by atoms with Gasteiger partial charge in [-0.15, -0.1) is 0 Å². The zero-order valence-electron chi connectivity index (χ0n) is 9.67. The molecule has 0 amide bonds. The van der Waals surface area contributed by atoms with Gasteiger partial charge in [-0.2, -0.15) is 0 Å². The van der Waals surface area contributed by atoms with Gasteiger partial charge < -0.3 is 5.32 Å². The lowest BCUT2D eigenvalue weighted by atomic mass is 10.2. The first-order valence-electron chi connectivity index (χ1n) is 5.37. The lowest BCUT2D eigenvalue weighted by Crippen LogP contribution is -2.02. The number of pyridine rings is 1. The van der Waals surface area contributed by atoms with Crippen LogP contribution < -0.4 is 5.32 Å². The van der Waals surface area contributed by atoms with Gasteiger partial charge in [0.15, 0.2) is 0 Å². The molecule has 0 unspecified atom stereocenters. The van der Waals surface area contributed by atoms with Gasteiger partial charge in [0, 0.05) is 15.5 Å². The van der Waals surface area contributed by atoms with Crippen LogP contribution in [-0.2, 0) is 6.54 Å². The van der Waals surface area contributed by atoms with Gasteiger partial charge >= 0.3 is 0 Å². The van der Waals surface area contributed by atoms with Crippen LogP contribution in [0.15, 0.2) is 43.9 Å². The van der Waals surface area contributed by atoms with E-state index in [1.807, 2.05) is 25.1 Å². The van der Waals surface area contributed by atoms with Crippen LogP contribution in [0.25, 0.3) is 0 Å². The van der Waals surface area contributed by atoms with Crippen molar-refractivity contribution in [1.82, 2.24) is 4.98 Å². The second kappa shape index (κ2) is 6.17. The van der Waals surface area contributed by atoms with Gasteiger partial charge in [0.2, 0.25) is 0 Å². The summed E-state index contributed by atoms with van der Waals surface area (Å²) < 4.78 is 2.98. The number of nitrogens with one attached hydrogen (secondary N) is 1. The Hall–Kier alpha value is -0.390. The van der Waals surface area contributed by atoms with Crippen LogP contribution in [0.1, 0.15) is 11.3 Å². The Balaban J connectivity index is 2.09. The average Bonchev–Trinajstić information content (AvgIpc) is 2.32. The number of anilines is 1. The average molecular weight is 435 g/mol. The number of nitrogens with zero attached hydrogens (tertiary/aromatic N) is 1. The highest BCUT2D eigenvalue weighted by molar-refractivity contribution is 9.13. The maximum absolute atomic E-state index is 4.35. The molecule has 0 saturated carbocycles. The van der Waals surface area contributed by atoms with Crippen LogP contribution in [0.3, 0.4) is 0 Å². The molecule has 94 valence electrons. The minimum absolute atomic E-state index is 0.774. The molecule has 1 N–H and O–H groups in total. The molecule has 2 aromatic rings. The number of aryl methyl sites for hydroxylation is 1. The summed E-state index contributed by atoms with van der Waals surface area (Å²) >= 11 is 10.3. The van der Waals surface area contributed by atoms with Crippen molar-refractivity contribution in [2.75, 3.05) is 5.32 Å². The van der Waals surface area contributed by atoms with Crippen molar-refractivity contribution in [3.8, 4) is 0 Å². The van der Waals surface area contributed by atoms with E-state index in [2.05, 4.69) is 70.2 Å². The maximum Gasteiger partial charge on any atom is 0.106 e. The van der Waals surface area contributed by atoms with E-state index in [1.54, 1.807) is 0 Å². The Kier molecular flexibility index (Phi) is 4.81. The SMILES string of the molecule is Cc1nc(Br)ccc1NCc1ccc(Br)c(Br)c1. The zero-order valence-corrected chi connectivity index (χ0v) is 14.4. The Bertz CT molecular complexity index is 570. The predicted molar refractivity (Wildman–Crippen MR) is 85.8 cm³/mol. The third-order valence-electron chi connectivity index (χ3n) is 2.52. The minimum Gasteiger partial charge on any atom is -0.380 e. The molecule has 0 aliphatic heterocycles. The molecule has 0 spiro atoms. The molecule has 5 heteroatoms. The normalized spacial score (nSPS) is 10.4. The maximum atomic E-state index is 4.35. The number of halogens is 3. The van der Waals surface area contributed by atoms with Crippen LogP contribution in [0.5, 0.6) is 0 Å². The van der Waals surface area contributed by atoms with Crippen molar-refractivity contribution in [2.24, 2.45) is 0 Å². The largest absolute Gasteiger partial charge is 0.380 e. The Morgan fingerprint density at radius 1 is 1.06 bits per heavy atom. The van der Waals surface area contributed by atoms with Gasteiger partial charge in [0.1, 0.15) is 4.60 Å². The Morgan fingerprint density at radius 2 is 1.83 bits per heavy atom. The Morgan fingerprint density at radius 3 is 2.50 bits per heavy atom. The van der Waals surface area contributed by atoms with Crippen molar-refractivity contribution >= 4 is 53.5 Å². The zero-order chi connectivity index (χ0) is 13.1. The number of hydrogen-bond acceptors (Lipinski definition) is 2. The molecule has 0 saturated heterocycles. The lowest BCUT2D eigenvalue weighted by Gasteiger charge is -2.10. The third-order valence-corrected chi connectivity index (χ3v) is 4.84. The fraction of sp³-hybridized carbons (Fsp3) is 0.154.